The average Bonchev–Trinajstić information content (AvgIpc) is 2.30. The van der Waals surface area contributed by atoms with Crippen LogP contribution in [0, 0.1) is 5.92 Å². The van der Waals surface area contributed by atoms with E-state index in [2.05, 4.69) is 31.2 Å². The summed E-state index contributed by atoms with van der Waals surface area (Å²) in [6.45, 7) is 14.0. The SMILES string of the molecule is C=C/C=C(\C=C)C1CCN(C)CC1.CC. The molecule has 0 unspecified atom stereocenters. The maximum Gasteiger partial charge on any atom is -0.00159 e. The van der Waals surface area contributed by atoms with Crippen molar-refractivity contribution in [3.8, 4) is 0 Å². The van der Waals surface area contributed by atoms with E-state index in [1.165, 1.54) is 31.5 Å². The largest absolute Gasteiger partial charge is 0.306 e. The zero-order valence-corrected chi connectivity index (χ0v) is 10.5. The van der Waals surface area contributed by atoms with Gasteiger partial charge < -0.3 is 4.90 Å². The molecule has 1 aliphatic heterocycles. The van der Waals surface area contributed by atoms with Gasteiger partial charge in [0.25, 0.3) is 0 Å². The van der Waals surface area contributed by atoms with Crippen LogP contribution in [0.15, 0.2) is 37.0 Å². The summed E-state index contributed by atoms with van der Waals surface area (Å²) in [7, 11) is 2.18. The van der Waals surface area contributed by atoms with E-state index >= 15 is 0 Å². The minimum absolute atomic E-state index is 0.701. The number of nitrogens with zero attached hydrogens (tertiary/aromatic N) is 1. The zero-order chi connectivity index (χ0) is 11.7. The van der Waals surface area contributed by atoms with Crippen molar-refractivity contribution in [2.45, 2.75) is 26.7 Å². The maximum atomic E-state index is 3.84. The Morgan fingerprint density at radius 3 is 2.13 bits per heavy atom. The zero-order valence-electron chi connectivity index (χ0n) is 10.5. The van der Waals surface area contributed by atoms with E-state index in [0.717, 1.165) is 0 Å². The lowest BCUT2D eigenvalue weighted by Gasteiger charge is -2.29. The molecule has 1 aliphatic rings. The van der Waals surface area contributed by atoms with Gasteiger partial charge in [-0.05, 0) is 44.5 Å². The third-order valence-corrected chi connectivity index (χ3v) is 2.74. The Kier molecular flexibility index (Phi) is 8.02. The standard InChI is InChI=1S/C12H19N.C2H6/c1-4-6-11(5-2)12-7-9-13(3)10-8-12;1-2/h4-6,12H,1-2,7-10H2,3H3;1-2H3/b11-6+;. The number of hydrogen-bond acceptors (Lipinski definition) is 1. The van der Waals surface area contributed by atoms with Crippen molar-refractivity contribution in [1.29, 1.82) is 0 Å². The van der Waals surface area contributed by atoms with Gasteiger partial charge in [-0.2, -0.15) is 0 Å². The molecule has 1 heterocycles. The number of hydrogen-bond donors (Lipinski definition) is 0. The Bertz CT molecular complexity index is 207. The first-order chi connectivity index (χ1) is 7.27. The van der Waals surface area contributed by atoms with E-state index in [1.807, 2.05) is 26.0 Å². The van der Waals surface area contributed by atoms with E-state index in [0.29, 0.717) is 5.92 Å². The fourth-order valence-electron chi connectivity index (χ4n) is 1.85. The first-order valence-corrected chi connectivity index (χ1v) is 5.91. The van der Waals surface area contributed by atoms with Crippen molar-refractivity contribution >= 4 is 0 Å². The molecule has 0 saturated carbocycles. The molecule has 1 nitrogen and oxygen atoms in total. The third kappa shape index (κ3) is 4.98. The van der Waals surface area contributed by atoms with Crippen molar-refractivity contribution in [2.24, 2.45) is 5.92 Å². The number of likely N-dealkylation sites (tertiary alicyclic amines) is 1. The van der Waals surface area contributed by atoms with Crippen LogP contribution in [-0.4, -0.2) is 25.0 Å². The third-order valence-electron chi connectivity index (χ3n) is 2.74. The second-order valence-electron chi connectivity index (χ2n) is 3.68. The summed E-state index contributed by atoms with van der Waals surface area (Å²) in [6, 6.07) is 0. The Balaban J connectivity index is 0.000000921. The molecule has 1 fully saturated rings. The van der Waals surface area contributed by atoms with Crippen LogP contribution >= 0.6 is 0 Å². The predicted molar refractivity (Wildman–Crippen MR) is 70.0 cm³/mol. The summed E-state index contributed by atoms with van der Waals surface area (Å²) in [5.74, 6) is 0.701. The molecule has 0 bridgehead atoms. The lowest BCUT2D eigenvalue weighted by atomic mass is 9.89. The highest BCUT2D eigenvalue weighted by Gasteiger charge is 2.17. The number of piperidine rings is 1. The number of rotatable bonds is 3. The smallest absolute Gasteiger partial charge is 0.00159 e. The van der Waals surface area contributed by atoms with Gasteiger partial charge in [0, 0.05) is 0 Å². The molecule has 1 rings (SSSR count). The molecule has 0 radical (unpaired) electrons. The van der Waals surface area contributed by atoms with Crippen LogP contribution < -0.4 is 0 Å². The van der Waals surface area contributed by atoms with Crippen LogP contribution in [0.5, 0.6) is 0 Å². The van der Waals surface area contributed by atoms with Gasteiger partial charge in [-0.3, -0.25) is 0 Å². The highest BCUT2D eigenvalue weighted by molar-refractivity contribution is 5.24. The van der Waals surface area contributed by atoms with Gasteiger partial charge in [-0.1, -0.05) is 45.2 Å². The monoisotopic (exact) mass is 207 g/mol. The summed E-state index contributed by atoms with van der Waals surface area (Å²) in [5, 5.41) is 0. The van der Waals surface area contributed by atoms with Gasteiger partial charge in [0.2, 0.25) is 0 Å². The second kappa shape index (κ2) is 8.49. The fourth-order valence-corrected chi connectivity index (χ4v) is 1.85. The summed E-state index contributed by atoms with van der Waals surface area (Å²) in [4.78, 5) is 2.38. The molecule has 15 heavy (non-hydrogen) atoms. The first kappa shape index (κ1) is 14.2. The topological polar surface area (TPSA) is 3.24 Å². The maximum absolute atomic E-state index is 3.84. The van der Waals surface area contributed by atoms with Gasteiger partial charge in [0.15, 0.2) is 0 Å². The summed E-state index contributed by atoms with van der Waals surface area (Å²) in [5.41, 5.74) is 1.35. The molecule has 0 amide bonds. The van der Waals surface area contributed by atoms with Crippen molar-refractivity contribution in [2.75, 3.05) is 20.1 Å². The van der Waals surface area contributed by atoms with Crippen LogP contribution in [0.1, 0.15) is 26.7 Å². The van der Waals surface area contributed by atoms with Crippen LogP contribution in [-0.2, 0) is 0 Å². The molecule has 0 aromatic heterocycles. The van der Waals surface area contributed by atoms with Gasteiger partial charge in [-0.25, -0.2) is 0 Å². The summed E-state index contributed by atoms with van der Waals surface area (Å²) in [6.07, 6.45) is 8.42. The van der Waals surface area contributed by atoms with Crippen molar-refractivity contribution in [3.05, 3.63) is 37.0 Å². The molecule has 0 spiro atoms. The van der Waals surface area contributed by atoms with E-state index in [4.69, 9.17) is 0 Å². The summed E-state index contributed by atoms with van der Waals surface area (Å²) >= 11 is 0. The van der Waals surface area contributed by atoms with Crippen LogP contribution in [0.4, 0.5) is 0 Å². The Morgan fingerprint density at radius 1 is 1.20 bits per heavy atom. The Labute approximate surface area is 95.2 Å². The van der Waals surface area contributed by atoms with E-state index in [-0.39, 0.29) is 0 Å². The average molecular weight is 207 g/mol. The highest BCUT2D eigenvalue weighted by Crippen LogP contribution is 2.24. The van der Waals surface area contributed by atoms with E-state index in [1.54, 1.807) is 0 Å². The van der Waals surface area contributed by atoms with Crippen LogP contribution in [0.2, 0.25) is 0 Å². The molecule has 0 atom stereocenters. The molecular weight excluding hydrogens is 182 g/mol. The second-order valence-corrected chi connectivity index (χ2v) is 3.68. The Morgan fingerprint density at radius 2 is 1.73 bits per heavy atom. The number of allylic oxidation sites excluding steroid dienone is 4. The predicted octanol–water partition coefficient (Wildman–Crippen LogP) is 3.65. The molecular formula is C14H25N. The fraction of sp³-hybridized carbons (Fsp3) is 0.571. The van der Waals surface area contributed by atoms with Crippen LogP contribution in [0.3, 0.4) is 0 Å². The van der Waals surface area contributed by atoms with Crippen LogP contribution in [0.25, 0.3) is 0 Å². The van der Waals surface area contributed by atoms with Gasteiger partial charge in [0.05, 0.1) is 0 Å². The lowest BCUT2D eigenvalue weighted by molar-refractivity contribution is 0.240. The molecule has 1 heteroatoms. The minimum atomic E-state index is 0.701. The Hall–Kier alpha value is -0.820. The van der Waals surface area contributed by atoms with E-state index in [9.17, 15) is 0 Å². The van der Waals surface area contributed by atoms with Crippen molar-refractivity contribution < 1.29 is 0 Å². The van der Waals surface area contributed by atoms with Crippen molar-refractivity contribution in [3.63, 3.8) is 0 Å². The van der Waals surface area contributed by atoms with Crippen molar-refractivity contribution in [1.82, 2.24) is 4.90 Å². The van der Waals surface area contributed by atoms with E-state index < -0.39 is 0 Å². The van der Waals surface area contributed by atoms with Gasteiger partial charge in [-0.15, -0.1) is 0 Å². The molecule has 0 aliphatic carbocycles. The molecule has 0 N–H and O–H groups in total. The highest BCUT2D eigenvalue weighted by atomic mass is 15.1. The molecule has 0 aromatic rings. The quantitative estimate of drug-likeness (QED) is 0.638. The molecule has 0 aromatic carbocycles. The lowest BCUT2D eigenvalue weighted by Crippen LogP contribution is -2.30. The minimum Gasteiger partial charge on any atom is -0.306 e. The summed E-state index contributed by atoms with van der Waals surface area (Å²) < 4.78 is 0. The van der Waals surface area contributed by atoms with Gasteiger partial charge in [0.1, 0.15) is 0 Å². The van der Waals surface area contributed by atoms with Gasteiger partial charge >= 0.3 is 0 Å². The normalized spacial score (nSPS) is 19.0. The molecule has 1 saturated heterocycles. The molecule has 86 valence electrons. The first-order valence-electron chi connectivity index (χ1n) is 5.91.